The van der Waals surface area contributed by atoms with Gasteiger partial charge < -0.3 is 10.5 Å². The Bertz CT molecular complexity index is 629. The normalized spacial score (nSPS) is 10.7. The van der Waals surface area contributed by atoms with Crippen LogP contribution in [0.4, 0.5) is 4.39 Å². The minimum Gasteiger partial charge on any atom is -0.487 e. The molecule has 0 heterocycles. The van der Waals surface area contributed by atoms with Crippen molar-refractivity contribution < 1.29 is 9.13 Å². The summed E-state index contributed by atoms with van der Waals surface area (Å²) >= 11 is 18.1. The number of ether oxygens (including phenoxy) is 1. The summed E-state index contributed by atoms with van der Waals surface area (Å²) in [5, 5.41) is 1.17. The van der Waals surface area contributed by atoms with E-state index >= 15 is 0 Å². The van der Waals surface area contributed by atoms with Gasteiger partial charge in [0.25, 0.3) is 0 Å². The fraction of sp³-hybridized carbons (Fsp3) is 0.200. The van der Waals surface area contributed by atoms with Gasteiger partial charge in [0, 0.05) is 10.6 Å². The lowest BCUT2D eigenvalue weighted by molar-refractivity contribution is 0.297. The Hall–Kier alpha value is -1.00. The molecule has 21 heavy (non-hydrogen) atoms. The zero-order valence-corrected chi connectivity index (χ0v) is 13.3. The van der Waals surface area contributed by atoms with Gasteiger partial charge in [-0.25, -0.2) is 4.39 Å². The number of benzene rings is 2. The Morgan fingerprint density at radius 1 is 1.10 bits per heavy atom. The van der Waals surface area contributed by atoms with Gasteiger partial charge in [0.05, 0.1) is 10.0 Å². The van der Waals surface area contributed by atoms with Crippen molar-refractivity contribution in [1.82, 2.24) is 0 Å². The molecule has 0 atom stereocenters. The molecule has 0 aromatic heterocycles. The number of halogens is 4. The molecule has 0 saturated carbocycles. The standard InChI is InChI=1S/C15H13Cl3FNO/c16-10-6-9(4-5-20)15(13(18)7-10)21-8-11-12(17)2-1-3-14(11)19/h1-3,6-7H,4-5,8,20H2. The molecule has 0 spiro atoms. The van der Waals surface area contributed by atoms with E-state index in [0.717, 1.165) is 5.56 Å². The first-order chi connectivity index (χ1) is 10.0. The van der Waals surface area contributed by atoms with Gasteiger partial charge in [-0.05, 0) is 42.8 Å². The van der Waals surface area contributed by atoms with Crippen LogP contribution < -0.4 is 10.5 Å². The van der Waals surface area contributed by atoms with Crippen molar-refractivity contribution in [2.24, 2.45) is 5.73 Å². The van der Waals surface area contributed by atoms with E-state index in [0.29, 0.717) is 33.8 Å². The van der Waals surface area contributed by atoms with Crippen LogP contribution in [-0.4, -0.2) is 6.54 Å². The van der Waals surface area contributed by atoms with Crippen LogP contribution in [0.3, 0.4) is 0 Å². The fourth-order valence-electron chi connectivity index (χ4n) is 1.93. The first-order valence-corrected chi connectivity index (χ1v) is 7.40. The van der Waals surface area contributed by atoms with Crippen LogP contribution in [0.15, 0.2) is 30.3 Å². The predicted molar refractivity (Wildman–Crippen MR) is 85.0 cm³/mol. The van der Waals surface area contributed by atoms with Gasteiger partial charge in [-0.1, -0.05) is 40.9 Å². The SMILES string of the molecule is NCCc1cc(Cl)cc(Cl)c1OCc1c(F)cccc1Cl. The summed E-state index contributed by atoms with van der Waals surface area (Å²) in [6.07, 6.45) is 0.556. The molecule has 0 aliphatic carbocycles. The Morgan fingerprint density at radius 2 is 1.86 bits per heavy atom. The van der Waals surface area contributed by atoms with E-state index in [9.17, 15) is 4.39 Å². The molecular weight excluding hydrogens is 336 g/mol. The smallest absolute Gasteiger partial charge is 0.141 e. The van der Waals surface area contributed by atoms with Crippen LogP contribution in [0, 0.1) is 5.82 Å². The molecule has 0 amide bonds. The lowest BCUT2D eigenvalue weighted by Crippen LogP contribution is -2.07. The van der Waals surface area contributed by atoms with Crippen molar-refractivity contribution in [2.75, 3.05) is 6.54 Å². The summed E-state index contributed by atoms with van der Waals surface area (Å²) in [4.78, 5) is 0. The summed E-state index contributed by atoms with van der Waals surface area (Å²) in [5.41, 5.74) is 6.62. The van der Waals surface area contributed by atoms with Crippen LogP contribution in [0.1, 0.15) is 11.1 Å². The highest BCUT2D eigenvalue weighted by Gasteiger charge is 2.13. The molecule has 0 fully saturated rings. The monoisotopic (exact) mass is 347 g/mol. The molecule has 0 bridgehead atoms. The lowest BCUT2D eigenvalue weighted by Gasteiger charge is -2.14. The third kappa shape index (κ3) is 4.01. The minimum atomic E-state index is -0.423. The van der Waals surface area contributed by atoms with Crippen LogP contribution >= 0.6 is 34.8 Å². The third-order valence-corrected chi connectivity index (χ3v) is 3.77. The minimum absolute atomic E-state index is 0.0234. The fourth-order valence-corrected chi connectivity index (χ4v) is 2.74. The highest BCUT2D eigenvalue weighted by Crippen LogP contribution is 2.34. The molecule has 2 nitrogen and oxygen atoms in total. The Labute approximate surface area is 137 Å². The first kappa shape index (κ1) is 16.4. The van der Waals surface area contributed by atoms with Crippen molar-refractivity contribution in [3.8, 4) is 5.75 Å². The topological polar surface area (TPSA) is 35.2 Å². The van der Waals surface area contributed by atoms with Gasteiger partial charge in [0.2, 0.25) is 0 Å². The second-order valence-electron chi connectivity index (χ2n) is 4.40. The van der Waals surface area contributed by atoms with Gasteiger partial charge in [-0.2, -0.15) is 0 Å². The Morgan fingerprint density at radius 3 is 2.52 bits per heavy atom. The summed E-state index contributed by atoms with van der Waals surface area (Å²) in [6, 6.07) is 7.78. The largest absolute Gasteiger partial charge is 0.487 e. The van der Waals surface area contributed by atoms with E-state index < -0.39 is 5.82 Å². The Balaban J connectivity index is 2.27. The van der Waals surface area contributed by atoms with Crippen molar-refractivity contribution in [2.45, 2.75) is 13.0 Å². The number of nitrogens with two attached hydrogens (primary N) is 1. The molecule has 112 valence electrons. The predicted octanol–water partition coefficient (Wildman–Crippen LogP) is 4.87. The molecule has 0 saturated heterocycles. The van der Waals surface area contributed by atoms with Gasteiger partial charge in [-0.3, -0.25) is 0 Å². The van der Waals surface area contributed by atoms with Crippen molar-refractivity contribution in [1.29, 1.82) is 0 Å². The van der Waals surface area contributed by atoms with Gasteiger partial charge in [-0.15, -0.1) is 0 Å². The van der Waals surface area contributed by atoms with Crippen LogP contribution in [0.2, 0.25) is 15.1 Å². The summed E-state index contributed by atoms with van der Waals surface area (Å²) in [7, 11) is 0. The molecule has 0 unspecified atom stereocenters. The van der Waals surface area contributed by atoms with Crippen LogP contribution in [0.5, 0.6) is 5.75 Å². The zero-order valence-electron chi connectivity index (χ0n) is 11.0. The quantitative estimate of drug-likeness (QED) is 0.837. The third-order valence-electron chi connectivity index (χ3n) is 2.92. The summed E-state index contributed by atoms with van der Waals surface area (Å²) < 4.78 is 19.4. The molecular formula is C15H13Cl3FNO. The average Bonchev–Trinajstić information content (AvgIpc) is 2.40. The van der Waals surface area contributed by atoms with Gasteiger partial charge in [0.1, 0.15) is 18.2 Å². The second-order valence-corrected chi connectivity index (χ2v) is 5.65. The van der Waals surface area contributed by atoms with E-state index in [1.54, 1.807) is 18.2 Å². The molecule has 0 radical (unpaired) electrons. The maximum atomic E-state index is 13.7. The molecule has 0 aliphatic heterocycles. The van der Waals surface area contributed by atoms with Gasteiger partial charge >= 0.3 is 0 Å². The van der Waals surface area contributed by atoms with Crippen molar-refractivity contribution >= 4 is 34.8 Å². The van der Waals surface area contributed by atoms with E-state index in [1.807, 2.05) is 0 Å². The van der Waals surface area contributed by atoms with E-state index in [2.05, 4.69) is 0 Å². The summed E-state index contributed by atoms with van der Waals surface area (Å²) in [6.45, 7) is 0.401. The maximum absolute atomic E-state index is 13.7. The highest BCUT2D eigenvalue weighted by molar-refractivity contribution is 6.35. The number of hydrogen-bond acceptors (Lipinski definition) is 2. The van der Waals surface area contributed by atoms with E-state index in [-0.39, 0.29) is 12.2 Å². The Kier molecular flexibility index (Phi) is 5.71. The van der Waals surface area contributed by atoms with E-state index in [1.165, 1.54) is 12.1 Å². The molecule has 2 N–H and O–H groups in total. The molecule has 6 heteroatoms. The van der Waals surface area contributed by atoms with Crippen molar-refractivity contribution in [3.05, 3.63) is 62.3 Å². The molecule has 2 rings (SSSR count). The second kappa shape index (κ2) is 7.32. The van der Waals surface area contributed by atoms with Gasteiger partial charge in [0.15, 0.2) is 0 Å². The molecule has 0 aliphatic rings. The highest BCUT2D eigenvalue weighted by atomic mass is 35.5. The zero-order chi connectivity index (χ0) is 15.4. The summed E-state index contributed by atoms with van der Waals surface area (Å²) in [5.74, 6) is 0.0267. The molecule has 2 aromatic rings. The lowest BCUT2D eigenvalue weighted by atomic mass is 10.1. The van der Waals surface area contributed by atoms with Crippen LogP contribution in [-0.2, 0) is 13.0 Å². The number of hydrogen-bond donors (Lipinski definition) is 1. The van der Waals surface area contributed by atoms with E-state index in [4.69, 9.17) is 45.3 Å². The van der Waals surface area contributed by atoms with Crippen LogP contribution in [0.25, 0.3) is 0 Å². The maximum Gasteiger partial charge on any atom is 0.141 e. The average molecular weight is 349 g/mol. The molecule has 2 aromatic carbocycles. The van der Waals surface area contributed by atoms with Crippen molar-refractivity contribution in [3.63, 3.8) is 0 Å². The first-order valence-electron chi connectivity index (χ1n) is 6.26. The number of rotatable bonds is 5.